The molecule has 2 aromatic carbocycles. The lowest BCUT2D eigenvalue weighted by molar-refractivity contribution is -0.131. The standard InChI is InChI=1S/C27H34N4O3S/c1-2-3-4-5-6-12-26(32)31-20-18-30(19-21-31)24-15-13-23(14-16-24)29-35(33,34)25-11-7-9-22-10-8-17-28-27(22)25/h7-11,13-17,29H,2-6,12,18-21H2,1H3. The molecular formula is C27H34N4O3S. The van der Waals surface area contributed by atoms with Crippen LogP contribution in [0.5, 0.6) is 0 Å². The fourth-order valence-corrected chi connectivity index (χ4v) is 5.73. The minimum Gasteiger partial charge on any atom is -0.368 e. The second-order valence-electron chi connectivity index (χ2n) is 9.02. The van der Waals surface area contributed by atoms with Crippen LogP contribution in [0.3, 0.4) is 0 Å². The van der Waals surface area contributed by atoms with Gasteiger partial charge in [0.1, 0.15) is 4.90 Å². The number of pyridine rings is 1. The Morgan fingerprint density at radius 2 is 1.63 bits per heavy atom. The average Bonchev–Trinajstić information content (AvgIpc) is 2.88. The highest BCUT2D eigenvalue weighted by atomic mass is 32.2. The third kappa shape index (κ3) is 6.31. The van der Waals surface area contributed by atoms with E-state index < -0.39 is 10.0 Å². The number of unbranched alkanes of at least 4 members (excludes halogenated alkanes) is 4. The minimum absolute atomic E-state index is 0.158. The normalized spacial score (nSPS) is 14.3. The Morgan fingerprint density at radius 3 is 2.37 bits per heavy atom. The number of aromatic nitrogens is 1. The SMILES string of the molecule is CCCCCCCC(=O)N1CCN(c2ccc(NS(=O)(=O)c3cccc4cccnc34)cc2)CC1. The topological polar surface area (TPSA) is 82.6 Å². The number of rotatable bonds is 10. The van der Waals surface area contributed by atoms with Crippen molar-refractivity contribution in [2.75, 3.05) is 35.8 Å². The monoisotopic (exact) mass is 494 g/mol. The van der Waals surface area contributed by atoms with E-state index in [-0.39, 0.29) is 10.8 Å². The summed E-state index contributed by atoms with van der Waals surface area (Å²) in [6.45, 7) is 5.18. The van der Waals surface area contributed by atoms with E-state index in [0.29, 0.717) is 17.6 Å². The summed E-state index contributed by atoms with van der Waals surface area (Å²) in [6, 6.07) is 16.2. The van der Waals surface area contributed by atoms with Crippen LogP contribution in [0.25, 0.3) is 10.9 Å². The minimum atomic E-state index is -3.78. The molecular weight excluding hydrogens is 460 g/mol. The van der Waals surface area contributed by atoms with Gasteiger partial charge in [-0.15, -0.1) is 0 Å². The quantitative estimate of drug-likeness (QED) is 0.399. The Morgan fingerprint density at radius 1 is 0.914 bits per heavy atom. The molecule has 1 N–H and O–H groups in total. The molecule has 7 nitrogen and oxygen atoms in total. The van der Waals surface area contributed by atoms with Crippen LogP contribution in [-0.2, 0) is 14.8 Å². The zero-order valence-electron chi connectivity index (χ0n) is 20.3. The van der Waals surface area contributed by atoms with Gasteiger partial charge < -0.3 is 9.80 Å². The molecule has 0 unspecified atom stereocenters. The third-order valence-electron chi connectivity index (χ3n) is 6.50. The molecule has 2 heterocycles. The number of para-hydroxylation sites is 1. The van der Waals surface area contributed by atoms with Gasteiger partial charge in [0.2, 0.25) is 5.91 Å². The predicted octanol–water partition coefficient (Wildman–Crippen LogP) is 5.04. The molecule has 0 aliphatic carbocycles. The van der Waals surface area contributed by atoms with Crippen LogP contribution < -0.4 is 9.62 Å². The summed E-state index contributed by atoms with van der Waals surface area (Å²) < 4.78 is 28.7. The van der Waals surface area contributed by atoms with Crippen LogP contribution in [0, 0.1) is 0 Å². The van der Waals surface area contributed by atoms with Crippen molar-refractivity contribution < 1.29 is 13.2 Å². The number of carbonyl (C=O) groups is 1. The summed E-state index contributed by atoms with van der Waals surface area (Å²) in [7, 11) is -3.78. The number of hydrogen-bond acceptors (Lipinski definition) is 5. The summed E-state index contributed by atoms with van der Waals surface area (Å²) in [5.41, 5.74) is 1.97. The van der Waals surface area contributed by atoms with Crippen molar-refractivity contribution in [3.63, 3.8) is 0 Å². The molecule has 4 rings (SSSR count). The molecule has 0 bridgehead atoms. The van der Waals surface area contributed by atoms with Gasteiger partial charge in [0, 0.05) is 55.6 Å². The van der Waals surface area contributed by atoms with Crippen molar-refractivity contribution in [2.45, 2.75) is 50.3 Å². The van der Waals surface area contributed by atoms with Gasteiger partial charge in [-0.05, 0) is 42.8 Å². The number of carbonyl (C=O) groups excluding carboxylic acids is 1. The fourth-order valence-electron chi connectivity index (χ4n) is 4.50. The van der Waals surface area contributed by atoms with E-state index in [9.17, 15) is 13.2 Å². The number of sulfonamides is 1. The molecule has 1 amide bonds. The predicted molar refractivity (Wildman–Crippen MR) is 141 cm³/mol. The van der Waals surface area contributed by atoms with Crippen molar-refractivity contribution >= 4 is 38.2 Å². The van der Waals surface area contributed by atoms with Gasteiger partial charge >= 0.3 is 0 Å². The van der Waals surface area contributed by atoms with Gasteiger partial charge in [0.25, 0.3) is 10.0 Å². The molecule has 35 heavy (non-hydrogen) atoms. The highest BCUT2D eigenvalue weighted by Gasteiger charge is 2.22. The highest BCUT2D eigenvalue weighted by molar-refractivity contribution is 7.93. The number of fused-ring (bicyclic) bond motifs is 1. The maximum Gasteiger partial charge on any atom is 0.264 e. The molecule has 1 aromatic heterocycles. The van der Waals surface area contributed by atoms with Crippen LogP contribution in [0.2, 0.25) is 0 Å². The summed E-state index contributed by atoms with van der Waals surface area (Å²) >= 11 is 0. The summed E-state index contributed by atoms with van der Waals surface area (Å²) in [5, 5.41) is 0.778. The fraction of sp³-hybridized carbons (Fsp3) is 0.407. The number of anilines is 2. The zero-order valence-corrected chi connectivity index (χ0v) is 21.1. The van der Waals surface area contributed by atoms with Crippen molar-refractivity contribution in [1.29, 1.82) is 0 Å². The number of benzene rings is 2. The van der Waals surface area contributed by atoms with E-state index in [1.807, 2.05) is 29.2 Å². The lowest BCUT2D eigenvalue weighted by Gasteiger charge is -2.36. The van der Waals surface area contributed by atoms with Gasteiger partial charge in [0.15, 0.2) is 0 Å². The molecule has 3 aromatic rings. The van der Waals surface area contributed by atoms with Crippen LogP contribution >= 0.6 is 0 Å². The Hall–Kier alpha value is -3.13. The van der Waals surface area contributed by atoms with Gasteiger partial charge in [0.05, 0.1) is 5.52 Å². The first-order chi connectivity index (χ1) is 17.0. The molecule has 0 radical (unpaired) electrons. The lowest BCUT2D eigenvalue weighted by atomic mass is 10.1. The maximum atomic E-state index is 13.0. The highest BCUT2D eigenvalue weighted by Crippen LogP contribution is 2.25. The van der Waals surface area contributed by atoms with Crippen molar-refractivity contribution in [3.8, 4) is 0 Å². The largest absolute Gasteiger partial charge is 0.368 e. The third-order valence-corrected chi connectivity index (χ3v) is 7.91. The summed E-state index contributed by atoms with van der Waals surface area (Å²) in [4.78, 5) is 21.1. The van der Waals surface area contributed by atoms with Crippen LogP contribution in [0.4, 0.5) is 11.4 Å². The van der Waals surface area contributed by atoms with Crippen molar-refractivity contribution in [3.05, 3.63) is 60.8 Å². The van der Waals surface area contributed by atoms with E-state index in [4.69, 9.17) is 0 Å². The number of nitrogens with zero attached hydrogens (tertiary/aromatic N) is 3. The molecule has 186 valence electrons. The summed E-state index contributed by atoms with van der Waals surface area (Å²) in [6.07, 6.45) is 8.01. The number of hydrogen-bond donors (Lipinski definition) is 1. The summed E-state index contributed by atoms with van der Waals surface area (Å²) in [5.74, 6) is 0.258. The van der Waals surface area contributed by atoms with Gasteiger partial charge in [-0.25, -0.2) is 8.42 Å². The van der Waals surface area contributed by atoms with E-state index >= 15 is 0 Å². The Bertz CT molecular complexity index is 1230. The molecule has 1 aliphatic rings. The Labute approximate surface area is 208 Å². The first-order valence-corrected chi connectivity index (χ1v) is 14.0. The molecule has 1 saturated heterocycles. The second kappa shape index (κ2) is 11.5. The smallest absolute Gasteiger partial charge is 0.264 e. The molecule has 8 heteroatoms. The average molecular weight is 495 g/mol. The molecule has 0 saturated carbocycles. The Balaban J connectivity index is 1.32. The van der Waals surface area contributed by atoms with Crippen LogP contribution in [0.1, 0.15) is 45.4 Å². The Kier molecular flexibility index (Phi) is 8.23. The van der Waals surface area contributed by atoms with E-state index in [2.05, 4.69) is 21.5 Å². The zero-order chi connectivity index (χ0) is 24.7. The molecule has 1 fully saturated rings. The maximum absolute atomic E-state index is 13.0. The number of piperazine rings is 1. The second-order valence-corrected chi connectivity index (χ2v) is 10.7. The first kappa shape index (κ1) is 25.0. The number of amides is 1. The molecule has 1 aliphatic heterocycles. The van der Waals surface area contributed by atoms with Crippen molar-refractivity contribution in [2.24, 2.45) is 0 Å². The number of nitrogens with one attached hydrogen (secondary N) is 1. The van der Waals surface area contributed by atoms with Crippen molar-refractivity contribution in [1.82, 2.24) is 9.88 Å². The van der Waals surface area contributed by atoms with Gasteiger partial charge in [-0.1, -0.05) is 50.8 Å². The van der Waals surface area contributed by atoms with Crippen LogP contribution in [-0.4, -0.2) is 50.4 Å². The molecule has 0 spiro atoms. The molecule has 0 atom stereocenters. The lowest BCUT2D eigenvalue weighted by Crippen LogP contribution is -2.48. The van der Waals surface area contributed by atoms with E-state index in [1.54, 1.807) is 36.5 Å². The first-order valence-electron chi connectivity index (χ1n) is 12.5. The van der Waals surface area contributed by atoms with E-state index in [0.717, 1.165) is 50.1 Å². The van der Waals surface area contributed by atoms with Gasteiger partial charge in [-0.3, -0.25) is 14.5 Å². The van der Waals surface area contributed by atoms with E-state index in [1.165, 1.54) is 19.3 Å². The van der Waals surface area contributed by atoms with Crippen LogP contribution in [0.15, 0.2) is 65.7 Å². The van der Waals surface area contributed by atoms with Gasteiger partial charge in [-0.2, -0.15) is 0 Å².